The van der Waals surface area contributed by atoms with Crippen molar-refractivity contribution in [3.05, 3.63) is 29.8 Å². The van der Waals surface area contributed by atoms with Gasteiger partial charge in [0.25, 0.3) is 5.91 Å². The molecule has 0 radical (unpaired) electrons. The normalized spacial score (nSPS) is 11.0. The van der Waals surface area contributed by atoms with E-state index in [4.69, 9.17) is 16.5 Å². The van der Waals surface area contributed by atoms with Crippen LogP contribution in [-0.4, -0.2) is 22.4 Å². The van der Waals surface area contributed by atoms with Crippen molar-refractivity contribution in [3.63, 3.8) is 0 Å². The number of carbonyl (C=O) groups is 2. The molecule has 1 rings (SSSR count). The van der Waals surface area contributed by atoms with E-state index < -0.39 is 11.5 Å². The molecule has 0 saturated heterocycles. The van der Waals surface area contributed by atoms with Crippen LogP contribution in [0.15, 0.2) is 24.3 Å². The van der Waals surface area contributed by atoms with Crippen LogP contribution >= 0.6 is 11.8 Å². The minimum absolute atomic E-state index is 0.209. The Labute approximate surface area is 117 Å². The highest BCUT2D eigenvalue weighted by atomic mass is 35.5. The van der Waals surface area contributed by atoms with Crippen LogP contribution in [0.25, 0.3) is 0 Å². The van der Waals surface area contributed by atoms with E-state index in [2.05, 4.69) is 4.94 Å². The van der Waals surface area contributed by atoms with Crippen LogP contribution in [0.2, 0.25) is 0 Å². The number of halogens is 1. The number of amides is 1. The lowest BCUT2D eigenvalue weighted by molar-refractivity contribution is -0.131. The molecule has 0 bridgehead atoms. The molecule has 6 heteroatoms. The van der Waals surface area contributed by atoms with Gasteiger partial charge in [-0.3, -0.25) is 14.6 Å². The molecule has 1 amide bonds. The van der Waals surface area contributed by atoms with Gasteiger partial charge in [0.05, 0.1) is 11.1 Å². The number of hydrazine groups is 1. The van der Waals surface area contributed by atoms with Crippen LogP contribution in [-0.2, 0) is 4.79 Å². The fraction of sp³-hybridized carbons (Fsp3) is 0.385. The number of hydrogen-bond acceptors (Lipinski definition) is 4. The number of carbonyl (C=O) groups excluding carboxylic acids is 2. The summed E-state index contributed by atoms with van der Waals surface area (Å²) in [5.41, 5.74) is -0.261. The third-order valence-corrected chi connectivity index (χ3v) is 2.50. The van der Waals surface area contributed by atoms with Crippen molar-refractivity contribution in [1.29, 1.82) is 0 Å². The van der Waals surface area contributed by atoms with Crippen molar-refractivity contribution in [1.82, 2.24) is 9.95 Å². The quantitative estimate of drug-likeness (QED) is 0.401. The fourth-order valence-electron chi connectivity index (χ4n) is 1.48. The highest BCUT2D eigenvalue weighted by Crippen LogP contribution is 2.23. The van der Waals surface area contributed by atoms with Crippen molar-refractivity contribution >= 4 is 23.7 Å². The summed E-state index contributed by atoms with van der Waals surface area (Å²) >= 11 is 5.60. The van der Waals surface area contributed by atoms with E-state index in [9.17, 15) is 9.59 Å². The van der Waals surface area contributed by atoms with Gasteiger partial charge in [-0.25, -0.2) is 0 Å². The molecular formula is C13H17ClN2O3. The first-order valence-corrected chi connectivity index (χ1v) is 6.13. The molecule has 0 atom stereocenters. The smallest absolute Gasteiger partial charge is 0.308 e. The second-order valence-corrected chi connectivity index (χ2v) is 5.15. The van der Waals surface area contributed by atoms with Crippen LogP contribution < -0.4 is 9.68 Å². The monoisotopic (exact) mass is 284 g/mol. The average Bonchev–Trinajstić information content (AvgIpc) is 2.27. The minimum Gasteiger partial charge on any atom is -0.426 e. The predicted molar refractivity (Wildman–Crippen MR) is 72.7 cm³/mol. The van der Waals surface area contributed by atoms with Crippen molar-refractivity contribution in [2.24, 2.45) is 0 Å². The molecule has 5 nitrogen and oxygen atoms in total. The molecule has 0 heterocycles. The van der Waals surface area contributed by atoms with Gasteiger partial charge < -0.3 is 4.74 Å². The van der Waals surface area contributed by atoms with Gasteiger partial charge in [0.1, 0.15) is 5.75 Å². The van der Waals surface area contributed by atoms with Crippen molar-refractivity contribution < 1.29 is 14.3 Å². The molecule has 0 aliphatic heterocycles. The molecule has 0 aromatic heterocycles. The van der Waals surface area contributed by atoms with Crippen LogP contribution in [0.1, 0.15) is 38.1 Å². The van der Waals surface area contributed by atoms with Gasteiger partial charge in [-0.05, 0) is 44.7 Å². The van der Waals surface area contributed by atoms with E-state index in [1.165, 1.54) is 11.9 Å². The highest BCUT2D eigenvalue weighted by molar-refractivity contribution is 6.14. The highest BCUT2D eigenvalue weighted by Gasteiger charge is 2.29. The third-order valence-electron chi connectivity index (χ3n) is 2.33. The Hall–Kier alpha value is -1.59. The van der Waals surface area contributed by atoms with Crippen LogP contribution in [0.5, 0.6) is 5.75 Å². The van der Waals surface area contributed by atoms with Crippen LogP contribution in [0.3, 0.4) is 0 Å². The van der Waals surface area contributed by atoms with Gasteiger partial charge in [0, 0.05) is 6.92 Å². The number of hydrogen-bond donors (Lipinski definition) is 1. The Morgan fingerprint density at radius 3 is 2.32 bits per heavy atom. The summed E-state index contributed by atoms with van der Waals surface area (Å²) in [4.78, 5) is 25.8. The Bertz CT molecular complexity index is 483. The van der Waals surface area contributed by atoms with Gasteiger partial charge in [0.15, 0.2) is 0 Å². The minimum atomic E-state index is -0.526. The summed E-state index contributed by atoms with van der Waals surface area (Å²) in [7, 11) is 0. The summed E-state index contributed by atoms with van der Waals surface area (Å²) in [5, 5.41) is 1.26. The molecule has 0 aliphatic rings. The first kappa shape index (κ1) is 15.5. The standard InChI is InChI=1S/C13H17ClN2O3/c1-9(17)19-11-8-6-5-7-10(11)12(18)16(15-14)13(2,3)4/h5-8,15H,1-4H3. The first-order valence-electron chi connectivity index (χ1n) is 5.75. The average molecular weight is 285 g/mol. The molecule has 0 fully saturated rings. The molecule has 104 valence electrons. The summed E-state index contributed by atoms with van der Waals surface area (Å²) in [6.07, 6.45) is 0. The maximum atomic E-state index is 12.4. The van der Waals surface area contributed by atoms with Gasteiger partial charge >= 0.3 is 5.97 Å². The fourth-order valence-corrected chi connectivity index (χ4v) is 1.81. The molecular weight excluding hydrogens is 268 g/mol. The molecule has 0 aliphatic carbocycles. The maximum Gasteiger partial charge on any atom is 0.308 e. The number of ether oxygens (including phenoxy) is 1. The van der Waals surface area contributed by atoms with Gasteiger partial charge in [-0.2, -0.15) is 0 Å². The molecule has 1 aromatic rings. The van der Waals surface area contributed by atoms with Crippen molar-refractivity contribution in [2.75, 3.05) is 0 Å². The van der Waals surface area contributed by atoms with Crippen LogP contribution in [0, 0.1) is 0 Å². The lowest BCUT2D eigenvalue weighted by Crippen LogP contribution is -2.50. The molecule has 0 saturated carbocycles. The largest absolute Gasteiger partial charge is 0.426 e. The SMILES string of the molecule is CC(=O)Oc1ccccc1C(=O)N(NCl)C(C)(C)C. The summed E-state index contributed by atoms with van der Waals surface area (Å²) in [5.74, 6) is -0.651. The zero-order chi connectivity index (χ0) is 14.6. The van der Waals surface area contributed by atoms with Crippen LogP contribution in [0.4, 0.5) is 0 Å². The van der Waals surface area contributed by atoms with Gasteiger partial charge in [0.2, 0.25) is 0 Å². The number of nitrogens with zero attached hydrogens (tertiary/aromatic N) is 1. The second kappa shape index (κ2) is 6.04. The predicted octanol–water partition coefficient (Wildman–Crippen LogP) is 2.51. The Morgan fingerprint density at radius 1 is 1.26 bits per heavy atom. The van der Waals surface area contributed by atoms with E-state index >= 15 is 0 Å². The molecule has 0 spiro atoms. The van der Waals surface area contributed by atoms with Gasteiger partial charge in [-0.1, -0.05) is 12.1 Å². The Balaban J connectivity index is 3.15. The van der Waals surface area contributed by atoms with E-state index in [1.54, 1.807) is 24.3 Å². The van der Waals surface area contributed by atoms with E-state index in [0.29, 0.717) is 0 Å². The molecule has 1 N–H and O–H groups in total. The Kier molecular flexibility index (Phi) is 4.91. The summed E-state index contributed by atoms with van der Waals surface area (Å²) < 4.78 is 5.02. The number of nitrogens with one attached hydrogen (secondary N) is 1. The first-order chi connectivity index (χ1) is 8.77. The molecule has 0 unspecified atom stereocenters. The summed E-state index contributed by atoms with van der Waals surface area (Å²) in [6, 6.07) is 6.51. The van der Waals surface area contributed by atoms with Crippen molar-refractivity contribution in [2.45, 2.75) is 33.2 Å². The number of esters is 1. The Morgan fingerprint density at radius 2 is 1.84 bits per heavy atom. The summed E-state index contributed by atoms with van der Waals surface area (Å²) in [6.45, 7) is 6.76. The second-order valence-electron chi connectivity index (χ2n) is 4.99. The van der Waals surface area contributed by atoms with E-state index in [1.807, 2.05) is 20.8 Å². The number of rotatable bonds is 3. The van der Waals surface area contributed by atoms with Gasteiger partial charge in [-0.15, -0.1) is 4.94 Å². The zero-order valence-corrected chi connectivity index (χ0v) is 12.1. The lowest BCUT2D eigenvalue weighted by Gasteiger charge is -2.33. The zero-order valence-electron chi connectivity index (χ0n) is 11.4. The maximum absolute atomic E-state index is 12.4. The van der Waals surface area contributed by atoms with Crippen molar-refractivity contribution in [3.8, 4) is 5.75 Å². The lowest BCUT2D eigenvalue weighted by atomic mass is 10.1. The number of benzene rings is 1. The number of para-hydroxylation sites is 1. The van der Waals surface area contributed by atoms with E-state index in [0.717, 1.165) is 0 Å². The molecule has 19 heavy (non-hydrogen) atoms. The molecule has 1 aromatic carbocycles. The van der Waals surface area contributed by atoms with E-state index in [-0.39, 0.29) is 17.2 Å². The topological polar surface area (TPSA) is 58.6 Å². The third kappa shape index (κ3) is 3.94.